The average molecular weight is 446 g/mol. The second-order valence-corrected chi connectivity index (χ2v) is 7.45. The molecule has 2 heterocycles. The van der Waals surface area contributed by atoms with Crippen LogP contribution in [0.1, 0.15) is 12.5 Å². The van der Waals surface area contributed by atoms with Crippen molar-refractivity contribution < 1.29 is 39.7 Å². The first-order valence-electron chi connectivity index (χ1n) is 10.3. The second kappa shape index (κ2) is 9.82. The molecular formula is C22H26N2O8. The Bertz CT molecular complexity index is 1020. The number of para-hydroxylation sites is 1. The van der Waals surface area contributed by atoms with E-state index in [4.69, 9.17) is 19.2 Å². The Labute approximate surface area is 184 Å². The molecule has 1 unspecified atom stereocenters. The lowest BCUT2D eigenvalue weighted by Crippen LogP contribution is -2.59. The minimum atomic E-state index is -1.60. The highest BCUT2D eigenvalue weighted by molar-refractivity contribution is 5.82. The van der Waals surface area contributed by atoms with Gasteiger partial charge in [-0.1, -0.05) is 18.2 Å². The lowest BCUT2D eigenvalue weighted by molar-refractivity contribution is -0.364. The van der Waals surface area contributed by atoms with Crippen LogP contribution in [0.3, 0.4) is 0 Å². The maximum atomic E-state index is 10.2. The van der Waals surface area contributed by atoms with Gasteiger partial charge in [0.15, 0.2) is 18.1 Å². The van der Waals surface area contributed by atoms with Gasteiger partial charge < -0.3 is 39.4 Å². The number of aliphatic hydroxyl groups excluding tert-OH is 4. The van der Waals surface area contributed by atoms with Crippen molar-refractivity contribution in [2.75, 3.05) is 13.2 Å². The van der Waals surface area contributed by atoms with Gasteiger partial charge in [-0.3, -0.25) is 0 Å². The quantitative estimate of drug-likeness (QED) is 0.290. The van der Waals surface area contributed by atoms with Crippen molar-refractivity contribution in [1.82, 2.24) is 9.55 Å². The van der Waals surface area contributed by atoms with Crippen molar-refractivity contribution in [3.8, 4) is 11.5 Å². The molecule has 1 aromatic heterocycles. The predicted molar refractivity (Wildman–Crippen MR) is 112 cm³/mol. The zero-order chi connectivity index (χ0) is 22.7. The van der Waals surface area contributed by atoms with Gasteiger partial charge in [-0.25, -0.2) is 4.98 Å². The van der Waals surface area contributed by atoms with Crippen LogP contribution in [0.4, 0.5) is 0 Å². The second-order valence-electron chi connectivity index (χ2n) is 7.45. The third-order valence-electron chi connectivity index (χ3n) is 5.28. The molecule has 1 aliphatic heterocycles. The van der Waals surface area contributed by atoms with Crippen molar-refractivity contribution in [1.29, 1.82) is 0 Å². The summed E-state index contributed by atoms with van der Waals surface area (Å²) in [6.45, 7) is 2.47. The van der Waals surface area contributed by atoms with Gasteiger partial charge in [-0.15, -0.1) is 0 Å². The van der Waals surface area contributed by atoms with Crippen LogP contribution in [-0.2, 0) is 16.2 Å². The van der Waals surface area contributed by atoms with Crippen LogP contribution in [0.25, 0.3) is 11.0 Å². The molecule has 172 valence electrons. The molecular weight excluding hydrogens is 420 g/mol. The molecule has 4 N–H and O–H groups in total. The van der Waals surface area contributed by atoms with E-state index >= 15 is 0 Å². The molecule has 3 aromatic rings. The van der Waals surface area contributed by atoms with Crippen molar-refractivity contribution in [2.24, 2.45) is 0 Å². The fourth-order valence-electron chi connectivity index (χ4n) is 3.62. The standard InChI is InChI=1S/C22H26N2O8/c1-2-29-14-8-6-13(7-9-14)10-24-12-23-15-4-3-5-16(18(15)24)31-32-21-20(27)19(26)17(11-25)30-22(21)28/h3-9,12,17,19-22,25-28H,2,10-11H2,1H3/t17-,19-,20+,21-,22?/m1/s1. The van der Waals surface area contributed by atoms with E-state index in [9.17, 15) is 20.4 Å². The van der Waals surface area contributed by atoms with Crippen LogP contribution in [0.15, 0.2) is 48.8 Å². The number of hydrogen-bond donors (Lipinski definition) is 4. The molecule has 0 bridgehead atoms. The Kier molecular flexibility index (Phi) is 6.89. The number of imidazole rings is 1. The maximum absolute atomic E-state index is 10.2. The number of hydrogen-bond acceptors (Lipinski definition) is 9. The highest BCUT2D eigenvalue weighted by Crippen LogP contribution is 2.28. The number of fused-ring (bicyclic) bond motifs is 1. The molecule has 32 heavy (non-hydrogen) atoms. The molecule has 0 radical (unpaired) electrons. The smallest absolute Gasteiger partial charge is 0.191 e. The molecule has 0 saturated carbocycles. The summed E-state index contributed by atoms with van der Waals surface area (Å²) < 4.78 is 12.4. The number of rotatable bonds is 8. The zero-order valence-electron chi connectivity index (χ0n) is 17.4. The maximum Gasteiger partial charge on any atom is 0.191 e. The van der Waals surface area contributed by atoms with E-state index < -0.39 is 37.3 Å². The summed E-state index contributed by atoms with van der Waals surface area (Å²) in [5.41, 5.74) is 2.34. The Morgan fingerprint density at radius 2 is 1.84 bits per heavy atom. The number of aromatic nitrogens is 2. The number of benzene rings is 2. The number of ether oxygens (including phenoxy) is 2. The molecule has 1 aliphatic rings. The first-order chi connectivity index (χ1) is 15.5. The molecule has 0 aliphatic carbocycles. The number of nitrogens with zero attached hydrogens (tertiary/aromatic N) is 2. The molecule has 5 atom stereocenters. The third kappa shape index (κ3) is 4.56. The van der Waals surface area contributed by atoms with E-state index in [1.54, 1.807) is 18.5 Å². The van der Waals surface area contributed by atoms with Crippen molar-refractivity contribution >= 4 is 11.0 Å². The third-order valence-corrected chi connectivity index (χ3v) is 5.28. The van der Waals surface area contributed by atoms with E-state index in [0.717, 1.165) is 11.3 Å². The van der Waals surface area contributed by atoms with Gasteiger partial charge >= 0.3 is 0 Å². The Hall–Kier alpha value is -2.73. The summed E-state index contributed by atoms with van der Waals surface area (Å²) in [4.78, 5) is 15.1. The molecule has 2 aromatic carbocycles. The highest BCUT2D eigenvalue weighted by atomic mass is 17.2. The first kappa shape index (κ1) is 22.5. The minimum Gasteiger partial charge on any atom is -0.494 e. The molecule has 0 spiro atoms. The van der Waals surface area contributed by atoms with Crippen LogP contribution in [0.5, 0.6) is 11.5 Å². The first-order valence-corrected chi connectivity index (χ1v) is 10.3. The molecule has 10 nitrogen and oxygen atoms in total. The molecule has 10 heteroatoms. The van der Waals surface area contributed by atoms with Crippen molar-refractivity contribution in [2.45, 2.75) is 44.2 Å². The van der Waals surface area contributed by atoms with Gasteiger partial charge in [0.05, 0.1) is 25.1 Å². The van der Waals surface area contributed by atoms with Crippen LogP contribution in [0.2, 0.25) is 0 Å². The molecule has 1 fully saturated rings. The fourth-order valence-corrected chi connectivity index (χ4v) is 3.62. The summed E-state index contributed by atoms with van der Waals surface area (Å²) in [6, 6.07) is 12.9. The van der Waals surface area contributed by atoms with Gasteiger partial charge in [0.2, 0.25) is 0 Å². The van der Waals surface area contributed by atoms with E-state index in [-0.39, 0.29) is 0 Å². The monoisotopic (exact) mass is 446 g/mol. The van der Waals surface area contributed by atoms with Gasteiger partial charge in [0.1, 0.15) is 29.6 Å². The van der Waals surface area contributed by atoms with Crippen molar-refractivity contribution in [3.63, 3.8) is 0 Å². The SMILES string of the molecule is CCOc1ccc(Cn2cnc3cccc(OO[C@H]4C(O)O[C@H](CO)[C@@H](O)[C@@H]4O)c32)cc1. The largest absolute Gasteiger partial charge is 0.494 e. The molecule has 4 rings (SSSR count). The van der Waals surface area contributed by atoms with E-state index in [2.05, 4.69) is 4.98 Å². The normalized spacial score (nSPS) is 25.7. The van der Waals surface area contributed by atoms with Gasteiger partial charge in [-0.05, 0) is 36.8 Å². The predicted octanol–water partition coefficient (Wildman–Crippen LogP) is 0.594. The van der Waals surface area contributed by atoms with Crippen LogP contribution in [0, 0.1) is 0 Å². The topological polar surface area (TPSA) is 136 Å². The lowest BCUT2D eigenvalue weighted by Gasteiger charge is -2.38. The summed E-state index contributed by atoms with van der Waals surface area (Å²) >= 11 is 0. The van der Waals surface area contributed by atoms with Crippen LogP contribution >= 0.6 is 0 Å². The Morgan fingerprint density at radius 1 is 1.06 bits per heavy atom. The van der Waals surface area contributed by atoms with E-state index in [0.29, 0.717) is 29.9 Å². The van der Waals surface area contributed by atoms with Gasteiger partial charge in [0.25, 0.3) is 0 Å². The highest BCUT2D eigenvalue weighted by Gasteiger charge is 2.45. The summed E-state index contributed by atoms with van der Waals surface area (Å²) in [5, 5.41) is 39.5. The molecule has 1 saturated heterocycles. The van der Waals surface area contributed by atoms with Crippen LogP contribution in [-0.4, -0.2) is 73.9 Å². The van der Waals surface area contributed by atoms with Crippen LogP contribution < -0.4 is 9.62 Å². The Balaban J connectivity index is 1.52. The lowest BCUT2D eigenvalue weighted by atomic mass is 9.99. The van der Waals surface area contributed by atoms with E-state index in [1.807, 2.05) is 41.8 Å². The Morgan fingerprint density at radius 3 is 2.56 bits per heavy atom. The van der Waals surface area contributed by atoms with Crippen molar-refractivity contribution in [3.05, 3.63) is 54.4 Å². The fraction of sp³-hybridized carbons (Fsp3) is 0.409. The zero-order valence-corrected chi connectivity index (χ0v) is 17.4. The van der Waals surface area contributed by atoms with Gasteiger partial charge in [-0.2, -0.15) is 4.89 Å². The minimum absolute atomic E-state index is 0.309. The summed E-state index contributed by atoms with van der Waals surface area (Å²) in [6.07, 6.45) is -5.40. The van der Waals surface area contributed by atoms with E-state index in [1.165, 1.54) is 0 Å². The summed E-state index contributed by atoms with van der Waals surface area (Å²) in [7, 11) is 0. The summed E-state index contributed by atoms with van der Waals surface area (Å²) in [5.74, 6) is 1.10. The average Bonchev–Trinajstić information content (AvgIpc) is 3.21. The molecule has 0 amide bonds. The number of aliphatic hydroxyl groups is 4. The van der Waals surface area contributed by atoms with Gasteiger partial charge in [0, 0.05) is 6.54 Å².